The van der Waals surface area contributed by atoms with E-state index in [-0.39, 0.29) is 18.3 Å². The summed E-state index contributed by atoms with van der Waals surface area (Å²) in [5.41, 5.74) is 3.50. The molecule has 0 saturated carbocycles. The SMILES string of the molecule is CC1(C)OB(C(=Cc2ccc(-c3ccccn3)cc2)CS)OC1(C)C. The number of hydrogen-bond acceptors (Lipinski definition) is 4. The molecule has 1 aromatic heterocycles. The van der Waals surface area contributed by atoms with Crippen molar-refractivity contribution in [2.75, 3.05) is 5.75 Å². The van der Waals surface area contributed by atoms with Gasteiger partial charge in [-0.05, 0) is 50.9 Å². The topological polar surface area (TPSA) is 31.4 Å². The van der Waals surface area contributed by atoms with E-state index < -0.39 is 0 Å². The molecule has 0 radical (unpaired) electrons. The Morgan fingerprint density at radius 3 is 2.20 bits per heavy atom. The molecule has 25 heavy (non-hydrogen) atoms. The Labute approximate surface area is 156 Å². The standard InChI is InChI=1S/C20H24BNO2S/c1-19(2)20(3,4)24-21(23-19)17(14-25)13-15-8-10-16(11-9-15)18-7-5-6-12-22-18/h5-13,25H,14H2,1-4H3. The molecule has 0 unspecified atom stereocenters. The first kappa shape index (κ1) is 18.2. The number of nitrogens with zero attached hydrogens (tertiary/aromatic N) is 1. The number of thiol groups is 1. The van der Waals surface area contributed by atoms with Gasteiger partial charge in [0.15, 0.2) is 0 Å². The maximum Gasteiger partial charge on any atom is 0.491 e. The third-order valence-electron chi connectivity index (χ3n) is 4.96. The van der Waals surface area contributed by atoms with Crippen LogP contribution in [-0.2, 0) is 9.31 Å². The first-order valence-electron chi connectivity index (χ1n) is 8.51. The summed E-state index contributed by atoms with van der Waals surface area (Å²) in [6.45, 7) is 8.24. The van der Waals surface area contributed by atoms with E-state index in [9.17, 15) is 0 Å². The van der Waals surface area contributed by atoms with E-state index in [4.69, 9.17) is 9.31 Å². The van der Waals surface area contributed by atoms with Crippen LogP contribution in [0, 0.1) is 0 Å². The van der Waals surface area contributed by atoms with Gasteiger partial charge in [-0.25, -0.2) is 0 Å². The van der Waals surface area contributed by atoms with Crippen LogP contribution in [0.4, 0.5) is 0 Å². The highest BCUT2D eigenvalue weighted by Gasteiger charge is 2.52. The molecule has 1 aliphatic rings. The molecular formula is C20H24BNO2S. The Hall–Kier alpha value is -1.56. The second-order valence-electron chi connectivity index (χ2n) is 7.30. The summed E-state index contributed by atoms with van der Waals surface area (Å²) in [6.07, 6.45) is 3.90. The molecule has 3 rings (SSSR count). The highest BCUT2D eigenvalue weighted by atomic mass is 32.1. The van der Waals surface area contributed by atoms with Crippen molar-refractivity contribution in [1.82, 2.24) is 4.98 Å². The first-order valence-corrected chi connectivity index (χ1v) is 9.14. The van der Waals surface area contributed by atoms with Crippen LogP contribution in [0.25, 0.3) is 17.3 Å². The van der Waals surface area contributed by atoms with Gasteiger partial charge in [0.25, 0.3) is 0 Å². The summed E-state index contributed by atoms with van der Waals surface area (Å²) in [5.74, 6) is 0.582. The lowest BCUT2D eigenvalue weighted by Crippen LogP contribution is -2.41. The highest BCUT2D eigenvalue weighted by molar-refractivity contribution is 7.80. The van der Waals surface area contributed by atoms with Crippen molar-refractivity contribution in [3.8, 4) is 11.3 Å². The maximum atomic E-state index is 6.13. The zero-order chi connectivity index (χ0) is 18.1. The van der Waals surface area contributed by atoms with Crippen molar-refractivity contribution in [2.24, 2.45) is 0 Å². The molecule has 2 aromatic rings. The average molecular weight is 353 g/mol. The van der Waals surface area contributed by atoms with Crippen molar-refractivity contribution in [2.45, 2.75) is 38.9 Å². The zero-order valence-corrected chi connectivity index (χ0v) is 16.1. The minimum atomic E-state index is -0.363. The van der Waals surface area contributed by atoms with E-state index in [1.165, 1.54) is 0 Å². The fourth-order valence-corrected chi connectivity index (χ4v) is 2.92. The molecule has 1 fully saturated rings. The summed E-state index contributed by atoms with van der Waals surface area (Å²) in [6, 6.07) is 14.2. The van der Waals surface area contributed by atoms with Crippen LogP contribution in [0.3, 0.4) is 0 Å². The molecule has 1 saturated heterocycles. The van der Waals surface area contributed by atoms with Gasteiger partial charge in [-0.1, -0.05) is 36.4 Å². The van der Waals surface area contributed by atoms with Gasteiger partial charge in [0.2, 0.25) is 0 Å². The molecule has 0 amide bonds. The smallest absolute Gasteiger partial charge is 0.400 e. The summed E-state index contributed by atoms with van der Waals surface area (Å²) in [5, 5.41) is 0. The van der Waals surface area contributed by atoms with Crippen molar-refractivity contribution in [1.29, 1.82) is 0 Å². The first-order chi connectivity index (χ1) is 11.8. The Balaban J connectivity index is 1.81. The lowest BCUT2D eigenvalue weighted by molar-refractivity contribution is 0.00578. The Kier molecular flexibility index (Phi) is 5.10. The van der Waals surface area contributed by atoms with Gasteiger partial charge in [0.05, 0.1) is 16.9 Å². The molecule has 0 atom stereocenters. The lowest BCUT2D eigenvalue weighted by Gasteiger charge is -2.32. The number of hydrogen-bond donors (Lipinski definition) is 1. The van der Waals surface area contributed by atoms with Crippen LogP contribution >= 0.6 is 12.6 Å². The average Bonchev–Trinajstić information content (AvgIpc) is 2.81. The zero-order valence-electron chi connectivity index (χ0n) is 15.2. The quantitative estimate of drug-likeness (QED) is 0.639. The molecule has 2 heterocycles. The van der Waals surface area contributed by atoms with E-state index in [1.807, 2.05) is 18.2 Å². The number of pyridine rings is 1. The lowest BCUT2D eigenvalue weighted by atomic mass is 9.78. The molecule has 0 spiro atoms. The fourth-order valence-electron chi connectivity index (χ4n) is 2.68. The Morgan fingerprint density at radius 1 is 1.04 bits per heavy atom. The van der Waals surface area contributed by atoms with Crippen LogP contribution in [0.15, 0.2) is 54.1 Å². The molecule has 0 N–H and O–H groups in total. The molecule has 0 bridgehead atoms. The van der Waals surface area contributed by atoms with Gasteiger partial charge in [-0.15, -0.1) is 0 Å². The molecule has 1 aliphatic heterocycles. The van der Waals surface area contributed by atoms with Gasteiger partial charge in [0.1, 0.15) is 0 Å². The number of rotatable bonds is 4. The van der Waals surface area contributed by atoms with E-state index >= 15 is 0 Å². The summed E-state index contributed by atoms with van der Waals surface area (Å²) in [4.78, 5) is 4.38. The van der Waals surface area contributed by atoms with Crippen LogP contribution in [-0.4, -0.2) is 29.1 Å². The maximum absolute atomic E-state index is 6.13. The monoisotopic (exact) mass is 353 g/mol. The molecule has 5 heteroatoms. The predicted octanol–water partition coefficient (Wildman–Crippen LogP) is 4.69. The third kappa shape index (κ3) is 3.84. The van der Waals surface area contributed by atoms with Crippen molar-refractivity contribution in [3.63, 3.8) is 0 Å². The van der Waals surface area contributed by atoms with Crippen LogP contribution in [0.1, 0.15) is 33.3 Å². The summed E-state index contributed by atoms with van der Waals surface area (Å²) < 4.78 is 12.3. The van der Waals surface area contributed by atoms with Gasteiger partial charge in [-0.3, -0.25) is 4.98 Å². The predicted molar refractivity (Wildman–Crippen MR) is 108 cm³/mol. The van der Waals surface area contributed by atoms with Gasteiger partial charge in [-0.2, -0.15) is 12.6 Å². The van der Waals surface area contributed by atoms with E-state index in [0.717, 1.165) is 22.3 Å². The second-order valence-corrected chi connectivity index (χ2v) is 7.62. The Morgan fingerprint density at radius 2 is 1.68 bits per heavy atom. The molecule has 130 valence electrons. The van der Waals surface area contributed by atoms with E-state index in [0.29, 0.717) is 5.75 Å². The third-order valence-corrected chi connectivity index (χ3v) is 5.33. The van der Waals surface area contributed by atoms with Gasteiger partial charge >= 0.3 is 7.12 Å². The largest absolute Gasteiger partial charge is 0.491 e. The second kappa shape index (κ2) is 6.98. The van der Waals surface area contributed by atoms with E-state index in [2.05, 4.69) is 75.6 Å². The minimum absolute atomic E-state index is 0.345. The minimum Gasteiger partial charge on any atom is -0.400 e. The van der Waals surface area contributed by atoms with Crippen molar-refractivity contribution >= 4 is 25.8 Å². The molecule has 3 nitrogen and oxygen atoms in total. The van der Waals surface area contributed by atoms with Crippen molar-refractivity contribution < 1.29 is 9.31 Å². The summed E-state index contributed by atoms with van der Waals surface area (Å²) in [7, 11) is -0.363. The molecule has 1 aromatic carbocycles. The normalized spacial score (nSPS) is 19.2. The van der Waals surface area contributed by atoms with Crippen LogP contribution < -0.4 is 0 Å². The molecule has 0 aliphatic carbocycles. The van der Waals surface area contributed by atoms with Gasteiger partial charge in [0, 0.05) is 17.5 Å². The fraction of sp³-hybridized carbons (Fsp3) is 0.350. The highest BCUT2D eigenvalue weighted by Crippen LogP contribution is 2.39. The van der Waals surface area contributed by atoms with Crippen molar-refractivity contribution in [3.05, 3.63) is 59.7 Å². The molecular weight excluding hydrogens is 329 g/mol. The van der Waals surface area contributed by atoms with E-state index in [1.54, 1.807) is 6.20 Å². The van der Waals surface area contributed by atoms with Gasteiger partial charge < -0.3 is 9.31 Å². The number of aromatic nitrogens is 1. The Bertz CT molecular complexity index is 741. The number of benzene rings is 1. The van der Waals surface area contributed by atoms with Crippen LogP contribution in [0.2, 0.25) is 0 Å². The summed E-state index contributed by atoms with van der Waals surface area (Å²) >= 11 is 4.47. The van der Waals surface area contributed by atoms with Crippen LogP contribution in [0.5, 0.6) is 0 Å².